The van der Waals surface area contributed by atoms with Crippen LogP contribution in [0.25, 0.3) is 0 Å². The maximum Gasteiger partial charge on any atom is 0.328 e. The third-order valence-electron chi connectivity index (χ3n) is 3.72. The molecule has 1 aromatic rings. The number of esters is 1. The highest BCUT2D eigenvalue weighted by Gasteiger charge is 2.25. The minimum Gasteiger partial charge on any atom is -0.481 e. The van der Waals surface area contributed by atoms with Gasteiger partial charge in [0.2, 0.25) is 0 Å². The fraction of sp³-hybridized carbons (Fsp3) is 0.579. The second kappa shape index (κ2) is 9.30. The van der Waals surface area contributed by atoms with Gasteiger partial charge < -0.3 is 14.8 Å². The highest BCUT2D eigenvalue weighted by atomic mass is 16.5. The van der Waals surface area contributed by atoms with E-state index in [1.165, 1.54) is 7.11 Å². The number of hydrogen-bond acceptors (Lipinski definition) is 4. The van der Waals surface area contributed by atoms with Crippen LogP contribution in [0.15, 0.2) is 24.3 Å². The molecular weight excluding hydrogens is 306 g/mol. The van der Waals surface area contributed by atoms with Crippen LogP contribution in [0.4, 0.5) is 0 Å². The first-order chi connectivity index (χ1) is 11.2. The summed E-state index contributed by atoms with van der Waals surface area (Å²) in [5.74, 6) is 0.509. The Bertz CT molecular complexity index is 554. The van der Waals surface area contributed by atoms with Gasteiger partial charge in [-0.1, -0.05) is 39.8 Å². The Morgan fingerprint density at radius 2 is 1.79 bits per heavy atom. The van der Waals surface area contributed by atoms with Crippen LogP contribution in [0.2, 0.25) is 0 Å². The van der Waals surface area contributed by atoms with E-state index in [2.05, 4.69) is 19.2 Å². The first-order valence-electron chi connectivity index (χ1n) is 8.39. The zero-order valence-electron chi connectivity index (χ0n) is 15.5. The molecule has 1 aromatic carbocycles. The third kappa shape index (κ3) is 6.22. The van der Waals surface area contributed by atoms with Gasteiger partial charge in [-0.2, -0.15) is 0 Å². The quantitative estimate of drug-likeness (QED) is 0.741. The summed E-state index contributed by atoms with van der Waals surface area (Å²) in [5.41, 5.74) is 1.15. The van der Waals surface area contributed by atoms with Gasteiger partial charge in [0.05, 0.1) is 7.11 Å². The number of nitrogens with one attached hydrogen (secondary N) is 1. The Labute approximate surface area is 144 Å². The minimum atomic E-state index is -0.702. The lowest BCUT2D eigenvalue weighted by atomic mass is 10.0. The number of benzene rings is 1. The number of methoxy groups -OCH3 is 1. The lowest BCUT2D eigenvalue weighted by Gasteiger charge is -2.21. The highest BCUT2D eigenvalue weighted by Crippen LogP contribution is 2.21. The normalized spacial score (nSPS) is 13.5. The summed E-state index contributed by atoms with van der Waals surface area (Å²) in [5, 5.41) is 2.72. The van der Waals surface area contributed by atoms with E-state index in [4.69, 9.17) is 9.47 Å². The summed E-state index contributed by atoms with van der Waals surface area (Å²) in [4.78, 5) is 24.1. The van der Waals surface area contributed by atoms with E-state index in [1.807, 2.05) is 38.1 Å². The molecule has 0 spiro atoms. The third-order valence-corrected chi connectivity index (χ3v) is 3.72. The molecule has 0 bridgehead atoms. The Balaban J connectivity index is 2.72. The fourth-order valence-electron chi connectivity index (χ4n) is 2.32. The molecule has 0 aromatic heterocycles. The van der Waals surface area contributed by atoms with Crippen LogP contribution in [-0.4, -0.2) is 31.1 Å². The molecule has 5 heteroatoms. The molecule has 1 N–H and O–H groups in total. The summed E-state index contributed by atoms with van der Waals surface area (Å²) in [6, 6.07) is 7.03. The monoisotopic (exact) mass is 335 g/mol. The van der Waals surface area contributed by atoms with Gasteiger partial charge in [0.1, 0.15) is 11.8 Å². The molecule has 0 fully saturated rings. The Kier molecular flexibility index (Phi) is 7.75. The lowest BCUT2D eigenvalue weighted by molar-refractivity contribution is -0.146. The van der Waals surface area contributed by atoms with Crippen molar-refractivity contribution >= 4 is 11.9 Å². The average Bonchev–Trinajstić information content (AvgIpc) is 2.53. The van der Waals surface area contributed by atoms with Crippen LogP contribution in [-0.2, 0) is 14.3 Å². The van der Waals surface area contributed by atoms with Crippen LogP contribution in [0.3, 0.4) is 0 Å². The number of amides is 1. The lowest BCUT2D eigenvalue weighted by Crippen LogP contribution is -2.47. The average molecular weight is 335 g/mol. The topological polar surface area (TPSA) is 64.6 Å². The van der Waals surface area contributed by atoms with E-state index in [0.717, 1.165) is 5.56 Å². The van der Waals surface area contributed by atoms with Gasteiger partial charge in [0, 0.05) is 0 Å². The SMILES string of the molecule is COC(=O)C(CC(C)C)NC(=O)C(C)Oc1cccc(C(C)C)c1. The molecule has 2 atom stereocenters. The number of rotatable bonds is 8. The summed E-state index contributed by atoms with van der Waals surface area (Å²) in [6.45, 7) is 9.84. The molecule has 0 radical (unpaired) electrons. The van der Waals surface area contributed by atoms with Crippen LogP contribution >= 0.6 is 0 Å². The van der Waals surface area contributed by atoms with Gasteiger partial charge >= 0.3 is 5.97 Å². The predicted molar refractivity (Wildman–Crippen MR) is 94.0 cm³/mol. The van der Waals surface area contributed by atoms with Crippen molar-refractivity contribution < 1.29 is 19.1 Å². The number of hydrogen-bond donors (Lipinski definition) is 1. The molecule has 0 saturated heterocycles. The minimum absolute atomic E-state index is 0.258. The number of carbonyl (C=O) groups is 2. The zero-order chi connectivity index (χ0) is 18.3. The van der Waals surface area contributed by atoms with Crippen molar-refractivity contribution in [3.8, 4) is 5.75 Å². The van der Waals surface area contributed by atoms with Gasteiger partial charge in [0.15, 0.2) is 6.10 Å². The van der Waals surface area contributed by atoms with Gasteiger partial charge in [-0.05, 0) is 42.9 Å². The Morgan fingerprint density at radius 1 is 1.12 bits per heavy atom. The molecular formula is C19H29NO4. The van der Waals surface area contributed by atoms with Crippen molar-refractivity contribution in [2.24, 2.45) is 5.92 Å². The smallest absolute Gasteiger partial charge is 0.328 e. The van der Waals surface area contributed by atoms with Crippen LogP contribution < -0.4 is 10.1 Å². The van der Waals surface area contributed by atoms with E-state index in [-0.39, 0.29) is 11.8 Å². The van der Waals surface area contributed by atoms with Crippen LogP contribution in [0, 0.1) is 5.92 Å². The molecule has 24 heavy (non-hydrogen) atoms. The molecule has 0 aliphatic rings. The maximum atomic E-state index is 12.3. The van der Waals surface area contributed by atoms with Crippen molar-refractivity contribution in [2.45, 2.75) is 59.1 Å². The van der Waals surface area contributed by atoms with E-state index in [9.17, 15) is 9.59 Å². The number of carbonyl (C=O) groups excluding carboxylic acids is 2. The highest BCUT2D eigenvalue weighted by molar-refractivity contribution is 5.86. The first kappa shape index (κ1) is 20.0. The van der Waals surface area contributed by atoms with Crippen molar-refractivity contribution in [3.05, 3.63) is 29.8 Å². The van der Waals surface area contributed by atoms with E-state index < -0.39 is 18.1 Å². The number of ether oxygens (including phenoxy) is 2. The van der Waals surface area contributed by atoms with Crippen molar-refractivity contribution in [1.82, 2.24) is 5.32 Å². The molecule has 5 nitrogen and oxygen atoms in total. The van der Waals surface area contributed by atoms with Crippen LogP contribution in [0.5, 0.6) is 5.75 Å². The Hall–Kier alpha value is -2.04. The standard InChI is InChI=1S/C19H29NO4/c1-12(2)10-17(19(22)23-6)20-18(21)14(5)24-16-9-7-8-15(11-16)13(3)4/h7-9,11-14,17H,10H2,1-6H3,(H,20,21). The molecule has 1 rings (SSSR count). The summed E-state index contributed by atoms with van der Waals surface area (Å²) >= 11 is 0. The van der Waals surface area contributed by atoms with E-state index in [1.54, 1.807) is 6.92 Å². The fourth-order valence-corrected chi connectivity index (χ4v) is 2.32. The molecule has 2 unspecified atom stereocenters. The van der Waals surface area contributed by atoms with Crippen molar-refractivity contribution in [2.75, 3.05) is 7.11 Å². The Morgan fingerprint density at radius 3 is 2.33 bits per heavy atom. The second-order valence-electron chi connectivity index (χ2n) is 6.70. The largest absolute Gasteiger partial charge is 0.481 e. The molecule has 0 heterocycles. The van der Waals surface area contributed by atoms with Gasteiger partial charge in [-0.25, -0.2) is 4.79 Å². The van der Waals surface area contributed by atoms with E-state index >= 15 is 0 Å². The predicted octanol–water partition coefficient (Wildman–Crippen LogP) is 3.28. The molecule has 0 aliphatic heterocycles. The second-order valence-corrected chi connectivity index (χ2v) is 6.70. The first-order valence-corrected chi connectivity index (χ1v) is 8.39. The van der Waals surface area contributed by atoms with Crippen molar-refractivity contribution in [1.29, 1.82) is 0 Å². The molecule has 0 aliphatic carbocycles. The zero-order valence-corrected chi connectivity index (χ0v) is 15.5. The van der Waals surface area contributed by atoms with Crippen LogP contribution in [0.1, 0.15) is 52.5 Å². The molecule has 1 amide bonds. The summed E-state index contributed by atoms with van der Waals surface area (Å²) < 4.78 is 10.5. The van der Waals surface area contributed by atoms with Gasteiger partial charge in [0.25, 0.3) is 5.91 Å². The van der Waals surface area contributed by atoms with Gasteiger partial charge in [-0.3, -0.25) is 4.79 Å². The van der Waals surface area contributed by atoms with Gasteiger partial charge in [-0.15, -0.1) is 0 Å². The van der Waals surface area contributed by atoms with Crippen molar-refractivity contribution in [3.63, 3.8) is 0 Å². The summed E-state index contributed by atoms with van der Waals surface area (Å²) in [6.07, 6.45) is -0.180. The molecule has 134 valence electrons. The molecule has 0 saturated carbocycles. The maximum absolute atomic E-state index is 12.3. The summed E-state index contributed by atoms with van der Waals surface area (Å²) in [7, 11) is 1.32. The van der Waals surface area contributed by atoms with E-state index in [0.29, 0.717) is 18.1 Å².